The molecule has 0 N–H and O–H groups in total. The molecule has 0 spiro atoms. The standard InChI is InChI=1S/C21H34O4Si/c1-7-23-20(22)15-17-13-18(25-26(5,6)21(2,3)4)14-19(24-17)16-11-9-8-10-12-16/h8-12,17-19H,7,13-15H2,1-6H3/t17-,18-,19-/m1/s1. The number of hydrogen-bond donors (Lipinski definition) is 0. The van der Waals surface area contributed by atoms with Crippen molar-refractivity contribution < 1.29 is 18.7 Å². The quantitative estimate of drug-likeness (QED) is 0.501. The van der Waals surface area contributed by atoms with Gasteiger partial charge in [-0.15, -0.1) is 0 Å². The van der Waals surface area contributed by atoms with Crippen molar-refractivity contribution in [3.05, 3.63) is 35.9 Å². The van der Waals surface area contributed by atoms with Gasteiger partial charge in [-0.3, -0.25) is 4.79 Å². The van der Waals surface area contributed by atoms with Crippen LogP contribution in [0.1, 0.15) is 58.6 Å². The van der Waals surface area contributed by atoms with Crippen molar-refractivity contribution in [2.75, 3.05) is 6.61 Å². The summed E-state index contributed by atoms with van der Waals surface area (Å²) in [5, 5.41) is 0.157. The molecule has 3 atom stereocenters. The fourth-order valence-electron chi connectivity index (χ4n) is 3.08. The maximum atomic E-state index is 12.0. The zero-order chi connectivity index (χ0) is 19.4. The van der Waals surface area contributed by atoms with Gasteiger partial charge in [-0.2, -0.15) is 0 Å². The summed E-state index contributed by atoms with van der Waals surface area (Å²) < 4.78 is 18.1. The molecule has 1 heterocycles. The molecule has 0 aromatic heterocycles. The second-order valence-corrected chi connectivity index (χ2v) is 13.4. The maximum absolute atomic E-state index is 12.0. The van der Waals surface area contributed by atoms with E-state index in [0.29, 0.717) is 6.61 Å². The number of carbonyl (C=O) groups is 1. The van der Waals surface area contributed by atoms with Crippen LogP contribution in [0.25, 0.3) is 0 Å². The van der Waals surface area contributed by atoms with Crippen LogP contribution in [0, 0.1) is 0 Å². The SMILES string of the molecule is CCOC(=O)C[C@H]1C[C@@H](O[Si](C)(C)C(C)(C)C)C[C@H](c2ccccc2)O1. The van der Waals surface area contributed by atoms with Crippen LogP contribution in [0.5, 0.6) is 0 Å². The Morgan fingerprint density at radius 1 is 1.19 bits per heavy atom. The van der Waals surface area contributed by atoms with E-state index in [1.165, 1.54) is 0 Å². The van der Waals surface area contributed by atoms with Gasteiger partial charge in [-0.05, 0) is 37.0 Å². The summed E-state index contributed by atoms with van der Waals surface area (Å²) in [6.45, 7) is 13.5. The summed E-state index contributed by atoms with van der Waals surface area (Å²) in [7, 11) is -1.88. The van der Waals surface area contributed by atoms with E-state index >= 15 is 0 Å². The van der Waals surface area contributed by atoms with E-state index in [-0.39, 0.29) is 35.7 Å². The first-order valence-electron chi connectivity index (χ1n) is 9.66. The lowest BCUT2D eigenvalue weighted by Crippen LogP contribution is -2.46. The van der Waals surface area contributed by atoms with E-state index in [1.54, 1.807) is 0 Å². The lowest BCUT2D eigenvalue weighted by molar-refractivity contribution is -0.152. The van der Waals surface area contributed by atoms with Gasteiger partial charge in [0.2, 0.25) is 0 Å². The Kier molecular flexibility index (Phi) is 7.05. The highest BCUT2D eigenvalue weighted by Gasteiger charge is 2.42. The number of benzene rings is 1. The smallest absolute Gasteiger partial charge is 0.308 e. The molecule has 4 nitrogen and oxygen atoms in total. The van der Waals surface area contributed by atoms with E-state index in [9.17, 15) is 4.79 Å². The third-order valence-corrected chi connectivity index (χ3v) is 10.0. The minimum absolute atomic E-state index is 0.0425. The summed E-state index contributed by atoms with van der Waals surface area (Å²) in [4.78, 5) is 12.0. The molecule has 0 saturated carbocycles. The van der Waals surface area contributed by atoms with Crippen molar-refractivity contribution in [1.29, 1.82) is 0 Å². The van der Waals surface area contributed by atoms with Crippen LogP contribution >= 0.6 is 0 Å². The van der Waals surface area contributed by atoms with Crippen LogP contribution in [-0.2, 0) is 18.7 Å². The third kappa shape index (κ3) is 5.66. The van der Waals surface area contributed by atoms with Gasteiger partial charge in [0.25, 0.3) is 0 Å². The molecule has 1 fully saturated rings. The Hall–Kier alpha value is -1.17. The van der Waals surface area contributed by atoms with Gasteiger partial charge >= 0.3 is 5.97 Å². The minimum atomic E-state index is -1.88. The van der Waals surface area contributed by atoms with Gasteiger partial charge in [0.1, 0.15) is 0 Å². The van der Waals surface area contributed by atoms with Crippen LogP contribution in [0.4, 0.5) is 0 Å². The molecule has 1 saturated heterocycles. The number of rotatable bonds is 6. The maximum Gasteiger partial charge on any atom is 0.308 e. The predicted molar refractivity (Wildman–Crippen MR) is 107 cm³/mol. The monoisotopic (exact) mass is 378 g/mol. The van der Waals surface area contributed by atoms with Crippen molar-refractivity contribution in [1.82, 2.24) is 0 Å². The fraction of sp³-hybridized carbons (Fsp3) is 0.667. The van der Waals surface area contributed by atoms with Crippen LogP contribution < -0.4 is 0 Å². The molecule has 1 aliphatic heterocycles. The number of hydrogen-bond acceptors (Lipinski definition) is 4. The molecular formula is C21H34O4Si. The molecule has 1 aromatic rings. The molecule has 0 aliphatic carbocycles. The Bertz CT molecular complexity index is 579. The molecule has 0 bridgehead atoms. The second-order valence-electron chi connectivity index (χ2n) is 8.64. The lowest BCUT2D eigenvalue weighted by atomic mass is 9.95. The first-order chi connectivity index (χ1) is 12.1. The van der Waals surface area contributed by atoms with Gasteiger partial charge in [-0.1, -0.05) is 51.1 Å². The highest BCUT2D eigenvalue weighted by Crippen LogP contribution is 2.41. The summed E-state index contributed by atoms with van der Waals surface area (Å²) in [6, 6.07) is 10.2. The Labute approximate surface area is 159 Å². The average molecular weight is 379 g/mol. The van der Waals surface area contributed by atoms with Crippen molar-refractivity contribution in [3.63, 3.8) is 0 Å². The second kappa shape index (κ2) is 8.68. The van der Waals surface area contributed by atoms with E-state index in [2.05, 4.69) is 46.0 Å². The molecule has 0 radical (unpaired) electrons. The molecule has 26 heavy (non-hydrogen) atoms. The molecule has 1 aliphatic rings. The van der Waals surface area contributed by atoms with Gasteiger partial charge in [-0.25, -0.2) is 0 Å². The van der Waals surface area contributed by atoms with E-state index in [0.717, 1.165) is 18.4 Å². The lowest BCUT2D eigenvalue weighted by Gasteiger charge is -2.43. The number of ether oxygens (including phenoxy) is 2. The minimum Gasteiger partial charge on any atom is -0.466 e. The Morgan fingerprint density at radius 2 is 1.85 bits per heavy atom. The molecular weight excluding hydrogens is 344 g/mol. The van der Waals surface area contributed by atoms with E-state index < -0.39 is 8.32 Å². The Balaban J connectivity index is 2.15. The summed E-state index contributed by atoms with van der Waals surface area (Å²) in [6.07, 6.45) is 1.76. The van der Waals surface area contributed by atoms with Gasteiger partial charge in [0, 0.05) is 6.42 Å². The molecule has 2 rings (SSSR count). The molecule has 146 valence electrons. The van der Waals surface area contributed by atoms with Gasteiger partial charge in [0.05, 0.1) is 31.3 Å². The van der Waals surface area contributed by atoms with Crippen LogP contribution in [0.2, 0.25) is 18.1 Å². The highest BCUT2D eigenvalue weighted by atomic mass is 28.4. The van der Waals surface area contributed by atoms with Gasteiger partial charge in [0.15, 0.2) is 8.32 Å². The van der Waals surface area contributed by atoms with Crippen LogP contribution in [0.3, 0.4) is 0 Å². The number of esters is 1. The Morgan fingerprint density at radius 3 is 2.42 bits per heavy atom. The molecule has 0 unspecified atom stereocenters. The van der Waals surface area contributed by atoms with Crippen molar-refractivity contribution in [2.45, 2.75) is 83.4 Å². The largest absolute Gasteiger partial charge is 0.466 e. The number of carbonyl (C=O) groups excluding carboxylic acids is 1. The average Bonchev–Trinajstić information content (AvgIpc) is 2.54. The van der Waals surface area contributed by atoms with E-state index in [1.807, 2.05) is 25.1 Å². The van der Waals surface area contributed by atoms with E-state index in [4.69, 9.17) is 13.9 Å². The zero-order valence-corrected chi connectivity index (χ0v) is 18.1. The summed E-state index contributed by atoms with van der Waals surface area (Å²) in [5.74, 6) is -0.197. The molecule has 1 aromatic carbocycles. The van der Waals surface area contributed by atoms with Gasteiger partial charge < -0.3 is 13.9 Å². The first kappa shape index (κ1) is 21.1. The fourth-order valence-corrected chi connectivity index (χ4v) is 4.46. The summed E-state index contributed by atoms with van der Waals surface area (Å²) >= 11 is 0. The molecule has 5 heteroatoms. The van der Waals surface area contributed by atoms with Crippen molar-refractivity contribution >= 4 is 14.3 Å². The van der Waals surface area contributed by atoms with Crippen LogP contribution in [0.15, 0.2) is 30.3 Å². The normalized spacial score (nSPS) is 24.3. The predicted octanol–water partition coefficient (Wildman–Crippen LogP) is 5.25. The zero-order valence-electron chi connectivity index (χ0n) is 17.1. The van der Waals surface area contributed by atoms with Crippen molar-refractivity contribution in [3.8, 4) is 0 Å². The van der Waals surface area contributed by atoms with Crippen LogP contribution in [-0.4, -0.2) is 33.1 Å². The third-order valence-electron chi connectivity index (χ3n) is 5.50. The van der Waals surface area contributed by atoms with Crippen molar-refractivity contribution in [2.24, 2.45) is 0 Å². The topological polar surface area (TPSA) is 44.8 Å². The first-order valence-corrected chi connectivity index (χ1v) is 12.6. The highest BCUT2D eigenvalue weighted by molar-refractivity contribution is 6.74. The molecule has 0 amide bonds. The summed E-state index contributed by atoms with van der Waals surface area (Å²) in [5.41, 5.74) is 1.14.